The van der Waals surface area contributed by atoms with Gasteiger partial charge in [0.05, 0.1) is 11.0 Å². The summed E-state index contributed by atoms with van der Waals surface area (Å²) >= 11 is 0. The predicted octanol–water partition coefficient (Wildman–Crippen LogP) is 10.2. The number of hydrogen-bond donors (Lipinski definition) is 0. The molecule has 0 amide bonds. The number of ether oxygens (including phenoxy) is 2. The molecule has 0 N–H and O–H groups in total. The molecule has 0 radical (unpaired) electrons. The van der Waals surface area contributed by atoms with Gasteiger partial charge >= 0.3 is 0 Å². The average molecular weight is 516 g/mol. The summed E-state index contributed by atoms with van der Waals surface area (Å²) in [5.74, 6) is 2.91. The first-order valence-corrected chi connectivity index (χ1v) is 13.3. The van der Waals surface area contributed by atoms with Gasteiger partial charge in [-0.3, -0.25) is 0 Å². The summed E-state index contributed by atoms with van der Waals surface area (Å²) in [5.41, 5.74) is 7.43. The number of hydrogen-bond acceptors (Lipinski definition) is 3. The van der Waals surface area contributed by atoms with Gasteiger partial charge in [0.2, 0.25) is 0 Å². The Labute approximate surface area is 229 Å². The Kier molecular flexibility index (Phi) is 4.30. The van der Waals surface area contributed by atoms with Crippen molar-refractivity contribution in [3.05, 3.63) is 127 Å². The van der Waals surface area contributed by atoms with E-state index in [2.05, 4.69) is 89.5 Å². The van der Waals surface area contributed by atoms with Crippen LogP contribution in [0.4, 0.5) is 0 Å². The topological polar surface area (TPSA) is 36.5 Å². The largest absolute Gasteiger partial charge is 0.456 e. The summed E-state index contributed by atoms with van der Waals surface area (Å²) in [4.78, 5) is 0. The fraction of sp³-hybridized carbons (Fsp3) is 0. The van der Waals surface area contributed by atoms with Crippen LogP contribution in [0.2, 0.25) is 0 Å². The molecule has 3 heterocycles. The zero-order valence-corrected chi connectivity index (χ0v) is 21.3. The van der Waals surface area contributed by atoms with Crippen molar-refractivity contribution in [1.82, 2.24) is 4.57 Å². The molecule has 6 aromatic carbocycles. The standard InChI is InChI=1S/C36H21NO3/c1-3-9-29-25(7-1)27-19-22(23-14-17-35-36(20-23)40-34-12-6-5-11-33(34)39-35)13-16-30(27)37(29)24-15-18-32-28(21-24)26-8-2-4-10-31(26)38-32/h1-21H. The van der Waals surface area contributed by atoms with Crippen LogP contribution in [0, 0.1) is 0 Å². The van der Waals surface area contributed by atoms with Crippen molar-refractivity contribution in [2.45, 2.75) is 0 Å². The molecule has 0 atom stereocenters. The molecule has 8 aromatic rings. The summed E-state index contributed by atoms with van der Waals surface area (Å²) in [6, 6.07) is 43.8. The molecule has 0 unspecified atom stereocenters. The molecule has 0 aliphatic carbocycles. The van der Waals surface area contributed by atoms with E-state index in [4.69, 9.17) is 13.9 Å². The molecule has 188 valence electrons. The molecule has 9 rings (SSSR count). The van der Waals surface area contributed by atoms with E-state index in [9.17, 15) is 0 Å². The lowest BCUT2D eigenvalue weighted by atomic mass is 10.0. The van der Waals surface area contributed by atoms with Gasteiger partial charge in [-0.1, -0.05) is 60.7 Å². The Balaban J connectivity index is 1.21. The smallest absolute Gasteiger partial charge is 0.170 e. The van der Waals surface area contributed by atoms with Gasteiger partial charge in [0.25, 0.3) is 0 Å². The minimum atomic E-state index is 0.722. The third-order valence-corrected chi connectivity index (χ3v) is 7.86. The minimum Gasteiger partial charge on any atom is -0.456 e. The lowest BCUT2D eigenvalue weighted by molar-refractivity contribution is 0.360. The van der Waals surface area contributed by atoms with E-state index < -0.39 is 0 Å². The normalized spacial score (nSPS) is 12.4. The molecule has 0 bridgehead atoms. The third kappa shape index (κ3) is 3.07. The van der Waals surface area contributed by atoms with Gasteiger partial charge in [0.1, 0.15) is 11.2 Å². The zero-order valence-electron chi connectivity index (χ0n) is 21.3. The summed E-state index contributed by atoms with van der Waals surface area (Å²) in [6.45, 7) is 0. The summed E-state index contributed by atoms with van der Waals surface area (Å²) in [7, 11) is 0. The first-order valence-electron chi connectivity index (χ1n) is 13.3. The van der Waals surface area contributed by atoms with Crippen LogP contribution in [0.15, 0.2) is 132 Å². The van der Waals surface area contributed by atoms with E-state index in [1.807, 2.05) is 42.5 Å². The molecule has 0 spiro atoms. The fourth-order valence-electron chi connectivity index (χ4n) is 5.99. The first kappa shape index (κ1) is 21.5. The number of aromatic nitrogens is 1. The van der Waals surface area contributed by atoms with E-state index in [0.29, 0.717) is 0 Å². The Bertz CT molecular complexity index is 2290. The summed E-state index contributed by atoms with van der Waals surface area (Å²) < 4.78 is 20.7. The van der Waals surface area contributed by atoms with Crippen LogP contribution in [-0.2, 0) is 0 Å². The SMILES string of the molecule is c1ccc2c(c1)Oc1ccc(-c3ccc4c(c3)c3ccccc3n4-c3ccc4oc5ccccc5c4c3)cc1O2. The van der Waals surface area contributed by atoms with Crippen LogP contribution < -0.4 is 9.47 Å². The highest BCUT2D eigenvalue weighted by atomic mass is 16.6. The molecule has 0 fully saturated rings. The van der Waals surface area contributed by atoms with Crippen molar-refractivity contribution in [3.8, 4) is 39.8 Å². The van der Waals surface area contributed by atoms with Crippen LogP contribution in [0.25, 0.3) is 60.6 Å². The second-order valence-electron chi connectivity index (χ2n) is 10.2. The van der Waals surface area contributed by atoms with E-state index in [1.165, 1.54) is 16.3 Å². The molecule has 0 saturated heterocycles. The number of furan rings is 1. The first-order chi connectivity index (χ1) is 19.8. The van der Waals surface area contributed by atoms with E-state index in [0.717, 1.165) is 67.3 Å². The monoisotopic (exact) mass is 515 g/mol. The second kappa shape index (κ2) is 8.01. The molecular weight excluding hydrogens is 494 g/mol. The van der Waals surface area contributed by atoms with Gasteiger partial charge in [-0.05, 0) is 77.9 Å². The van der Waals surface area contributed by atoms with Crippen molar-refractivity contribution in [1.29, 1.82) is 0 Å². The van der Waals surface area contributed by atoms with Gasteiger partial charge < -0.3 is 18.5 Å². The van der Waals surface area contributed by atoms with Gasteiger partial charge in [-0.2, -0.15) is 0 Å². The van der Waals surface area contributed by atoms with Crippen molar-refractivity contribution in [2.75, 3.05) is 0 Å². The lowest BCUT2D eigenvalue weighted by Gasteiger charge is -2.21. The highest BCUT2D eigenvalue weighted by Gasteiger charge is 2.20. The molecular formula is C36H21NO3. The third-order valence-electron chi connectivity index (χ3n) is 7.86. The van der Waals surface area contributed by atoms with Gasteiger partial charge in [0.15, 0.2) is 23.0 Å². The molecule has 1 aliphatic heterocycles. The highest BCUT2D eigenvalue weighted by molar-refractivity contribution is 6.11. The van der Waals surface area contributed by atoms with E-state index >= 15 is 0 Å². The fourth-order valence-corrected chi connectivity index (χ4v) is 5.99. The second-order valence-corrected chi connectivity index (χ2v) is 10.2. The van der Waals surface area contributed by atoms with Crippen LogP contribution >= 0.6 is 0 Å². The average Bonchev–Trinajstić information content (AvgIpc) is 3.54. The Morgan fingerprint density at radius 2 is 1.05 bits per heavy atom. The molecule has 4 nitrogen and oxygen atoms in total. The number of nitrogens with zero attached hydrogens (tertiary/aromatic N) is 1. The van der Waals surface area contributed by atoms with E-state index in [-0.39, 0.29) is 0 Å². The van der Waals surface area contributed by atoms with Crippen LogP contribution in [0.3, 0.4) is 0 Å². The number of fused-ring (bicyclic) bond motifs is 8. The maximum Gasteiger partial charge on any atom is 0.170 e. The van der Waals surface area contributed by atoms with Crippen LogP contribution in [0.5, 0.6) is 23.0 Å². The molecule has 40 heavy (non-hydrogen) atoms. The highest BCUT2D eigenvalue weighted by Crippen LogP contribution is 2.46. The van der Waals surface area contributed by atoms with Crippen LogP contribution in [0.1, 0.15) is 0 Å². The van der Waals surface area contributed by atoms with E-state index in [1.54, 1.807) is 0 Å². The molecule has 1 aliphatic rings. The van der Waals surface area contributed by atoms with Crippen molar-refractivity contribution < 1.29 is 13.9 Å². The van der Waals surface area contributed by atoms with Crippen molar-refractivity contribution >= 4 is 43.7 Å². The number of benzene rings is 6. The summed E-state index contributed by atoms with van der Waals surface area (Å²) in [5, 5.41) is 4.66. The van der Waals surface area contributed by atoms with Gasteiger partial charge in [-0.25, -0.2) is 0 Å². The Morgan fingerprint density at radius 1 is 0.400 bits per heavy atom. The molecule has 0 saturated carbocycles. The van der Waals surface area contributed by atoms with Gasteiger partial charge in [-0.15, -0.1) is 0 Å². The zero-order chi connectivity index (χ0) is 26.2. The maximum atomic E-state index is 6.18. The van der Waals surface area contributed by atoms with Crippen molar-refractivity contribution in [3.63, 3.8) is 0 Å². The number of para-hydroxylation sites is 4. The molecule has 4 heteroatoms. The summed E-state index contributed by atoms with van der Waals surface area (Å²) in [6.07, 6.45) is 0. The van der Waals surface area contributed by atoms with Crippen molar-refractivity contribution in [2.24, 2.45) is 0 Å². The predicted molar refractivity (Wildman–Crippen MR) is 160 cm³/mol. The minimum absolute atomic E-state index is 0.722. The van der Waals surface area contributed by atoms with Crippen LogP contribution in [-0.4, -0.2) is 4.57 Å². The maximum absolute atomic E-state index is 6.18. The Morgan fingerprint density at radius 3 is 1.95 bits per heavy atom. The van der Waals surface area contributed by atoms with Gasteiger partial charge in [0, 0.05) is 27.2 Å². The lowest BCUT2D eigenvalue weighted by Crippen LogP contribution is -1.98. The Hall–Kier alpha value is -5.48. The quantitative estimate of drug-likeness (QED) is 0.230. The number of rotatable bonds is 2. The molecule has 2 aromatic heterocycles.